The Kier molecular flexibility index (Phi) is 3.88. The third-order valence-electron chi connectivity index (χ3n) is 3.06. The molecule has 18 heavy (non-hydrogen) atoms. The summed E-state index contributed by atoms with van der Waals surface area (Å²) in [5.74, 6) is 3.73. The zero-order chi connectivity index (χ0) is 13.0. The summed E-state index contributed by atoms with van der Waals surface area (Å²) in [7, 11) is 0. The van der Waals surface area contributed by atoms with E-state index in [0.717, 1.165) is 11.3 Å². The summed E-state index contributed by atoms with van der Waals surface area (Å²) in [6.45, 7) is 3.91. The van der Waals surface area contributed by atoms with E-state index in [2.05, 4.69) is 5.92 Å². The van der Waals surface area contributed by atoms with Gasteiger partial charge in [0.15, 0.2) is 0 Å². The van der Waals surface area contributed by atoms with E-state index in [9.17, 15) is 4.79 Å². The van der Waals surface area contributed by atoms with Gasteiger partial charge in [-0.05, 0) is 24.6 Å². The van der Waals surface area contributed by atoms with Crippen molar-refractivity contribution in [3.05, 3.63) is 29.8 Å². The maximum atomic E-state index is 11.7. The third-order valence-corrected chi connectivity index (χ3v) is 3.06. The summed E-state index contributed by atoms with van der Waals surface area (Å²) in [6, 6.07) is 7.83. The minimum atomic E-state index is 0.0696. The third kappa shape index (κ3) is 2.84. The Morgan fingerprint density at radius 2 is 2.17 bits per heavy atom. The average Bonchev–Trinajstić information content (AvgIpc) is 2.73. The van der Waals surface area contributed by atoms with Gasteiger partial charge in [-0.25, -0.2) is 0 Å². The van der Waals surface area contributed by atoms with E-state index in [4.69, 9.17) is 11.2 Å². The Hall–Kier alpha value is -1.95. The molecule has 1 heterocycles. The van der Waals surface area contributed by atoms with Gasteiger partial charge in [0.1, 0.15) is 5.75 Å². The second kappa shape index (κ2) is 5.59. The molecule has 0 aliphatic carbocycles. The summed E-state index contributed by atoms with van der Waals surface area (Å²) in [6.07, 6.45) is 5.84. The van der Waals surface area contributed by atoms with E-state index in [1.54, 1.807) is 0 Å². The van der Waals surface area contributed by atoms with Gasteiger partial charge < -0.3 is 9.64 Å². The maximum Gasteiger partial charge on any atom is 0.224 e. The van der Waals surface area contributed by atoms with Crippen LogP contribution in [0.5, 0.6) is 5.75 Å². The molecule has 0 N–H and O–H groups in total. The van der Waals surface area contributed by atoms with Crippen molar-refractivity contribution in [3.63, 3.8) is 0 Å². The lowest BCUT2D eigenvalue weighted by Crippen LogP contribution is -2.24. The lowest BCUT2D eigenvalue weighted by molar-refractivity contribution is -0.128. The van der Waals surface area contributed by atoms with E-state index < -0.39 is 0 Å². The van der Waals surface area contributed by atoms with Crippen LogP contribution in [0.4, 0.5) is 0 Å². The zero-order valence-corrected chi connectivity index (χ0v) is 10.6. The molecule has 0 aromatic heterocycles. The molecule has 94 valence electrons. The topological polar surface area (TPSA) is 29.5 Å². The van der Waals surface area contributed by atoms with Crippen LogP contribution in [-0.2, 0) is 11.3 Å². The fourth-order valence-electron chi connectivity index (χ4n) is 2.11. The van der Waals surface area contributed by atoms with Crippen molar-refractivity contribution in [1.82, 2.24) is 4.90 Å². The molecule has 0 spiro atoms. The van der Waals surface area contributed by atoms with Gasteiger partial charge in [0.05, 0.1) is 6.61 Å². The normalized spacial score (nSPS) is 18.8. The summed E-state index contributed by atoms with van der Waals surface area (Å²) in [5, 5.41) is 0. The van der Waals surface area contributed by atoms with Crippen molar-refractivity contribution in [3.8, 4) is 18.1 Å². The highest BCUT2D eigenvalue weighted by atomic mass is 16.5. The van der Waals surface area contributed by atoms with Crippen molar-refractivity contribution in [2.24, 2.45) is 5.92 Å². The highest BCUT2D eigenvalue weighted by molar-refractivity contribution is 5.79. The lowest BCUT2D eigenvalue weighted by atomic mass is 10.1. The molecule has 3 heteroatoms. The highest BCUT2D eigenvalue weighted by Gasteiger charge is 2.27. The minimum absolute atomic E-state index is 0.0696. The van der Waals surface area contributed by atoms with E-state index in [0.29, 0.717) is 26.1 Å². The largest absolute Gasteiger partial charge is 0.494 e. The van der Waals surface area contributed by atoms with Gasteiger partial charge in [0.25, 0.3) is 0 Å². The number of carbonyl (C=O) groups excluding carboxylic acids is 1. The Labute approximate surface area is 108 Å². The number of terminal acetylenes is 1. The molecular formula is C15H17NO2. The van der Waals surface area contributed by atoms with Gasteiger partial charge >= 0.3 is 0 Å². The number of nitrogens with zero attached hydrogens (tertiary/aromatic N) is 1. The van der Waals surface area contributed by atoms with E-state index >= 15 is 0 Å². The predicted molar refractivity (Wildman–Crippen MR) is 70.0 cm³/mol. The molecule has 0 bridgehead atoms. The monoisotopic (exact) mass is 243 g/mol. The molecular weight excluding hydrogens is 226 g/mol. The molecule has 1 aromatic carbocycles. The van der Waals surface area contributed by atoms with E-state index in [1.165, 1.54) is 0 Å². The van der Waals surface area contributed by atoms with Crippen LogP contribution in [0.1, 0.15) is 18.9 Å². The van der Waals surface area contributed by atoms with Crippen LogP contribution in [0.15, 0.2) is 24.3 Å². The summed E-state index contributed by atoms with van der Waals surface area (Å²) in [5.41, 5.74) is 1.10. The molecule has 1 unspecified atom stereocenters. The number of ether oxygens (including phenoxy) is 1. The lowest BCUT2D eigenvalue weighted by Gasteiger charge is -2.16. The van der Waals surface area contributed by atoms with Crippen molar-refractivity contribution < 1.29 is 9.53 Å². The van der Waals surface area contributed by atoms with Crippen LogP contribution in [-0.4, -0.2) is 24.0 Å². The summed E-state index contributed by atoms with van der Waals surface area (Å²) >= 11 is 0. The molecule has 0 saturated carbocycles. The van der Waals surface area contributed by atoms with Crippen LogP contribution >= 0.6 is 0 Å². The standard InChI is InChI=1S/C15H17NO2/c1-3-12-9-15(17)16(10-12)11-13-5-7-14(8-6-13)18-4-2/h1,5-8,12H,4,9-11H2,2H3. The molecule has 2 rings (SSSR count). The first-order valence-corrected chi connectivity index (χ1v) is 6.18. The first kappa shape index (κ1) is 12.5. The van der Waals surface area contributed by atoms with Crippen LogP contribution in [0, 0.1) is 18.3 Å². The van der Waals surface area contributed by atoms with Crippen molar-refractivity contribution in [2.45, 2.75) is 19.9 Å². The molecule has 1 aliphatic heterocycles. The first-order chi connectivity index (χ1) is 8.72. The van der Waals surface area contributed by atoms with Gasteiger partial charge in [-0.3, -0.25) is 4.79 Å². The van der Waals surface area contributed by atoms with Crippen molar-refractivity contribution >= 4 is 5.91 Å². The van der Waals surface area contributed by atoms with Crippen molar-refractivity contribution in [1.29, 1.82) is 0 Å². The van der Waals surface area contributed by atoms with Gasteiger partial charge in [0, 0.05) is 25.4 Å². The number of amides is 1. The molecule has 1 saturated heterocycles. The molecule has 1 atom stereocenters. The number of likely N-dealkylation sites (tertiary alicyclic amines) is 1. The molecule has 1 aliphatic rings. The SMILES string of the molecule is C#CC1CC(=O)N(Cc2ccc(OCC)cc2)C1. The smallest absolute Gasteiger partial charge is 0.224 e. The van der Waals surface area contributed by atoms with Crippen LogP contribution in [0.3, 0.4) is 0 Å². The molecule has 3 nitrogen and oxygen atoms in total. The fourth-order valence-corrected chi connectivity index (χ4v) is 2.11. The van der Waals surface area contributed by atoms with Gasteiger partial charge in [-0.1, -0.05) is 12.1 Å². The summed E-state index contributed by atoms with van der Waals surface area (Å²) < 4.78 is 5.38. The average molecular weight is 243 g/mol. The first-order valence-electron chi connectivity index (χ1n) is 6.18. The predicted octanol–water partition coefficient (Wildman–Crippen LogP) is 2.07. The number of hydrogen-bond donors (Lipinski definition) is 0. The molecule has 0 radical (unpaired) electrons. The Morgan fingerprint density at radius 3 is 2.72 bits per heavy atom. The quantitative estimate of drug-likeness (QED) is 0.758. The van der Waals surface area contributed by atoms with Crippen molar-refractivity contribution in [2.75, 3.05) is 13.2 Å². The highest BCUT2D eigenvalue weighted by Crippen LogP contribution is 2.20. The number of carbonyl (C=O) groups is 1. The summed E-state index contributed by atoms with van der Waals surface area (Å²) in [4.78, 5) is 13.5. The van der Waals surface area contributed by atoms with E-state index in [-0.39, 0.29) is 11.8 Å². The number of rotatable bonds is 4. The molecule has 1 amide bonds. The molecule has 1 fully saturated rings. The number of benzene rings is 1. The number of hydrogen-bond acceptors (Lipinski definition) is 2. The maximum absolute atomic E-state index is 11.7. The minimum Gasteiger partial charge on any atom is -0.494 e. The Morgan fingerprint density at radius 1 is 1.44 bits per heavy atom. The van der Waals surface area contributed by atoms with Gasteiger partial charge in [-0.15, -0.1) is 12.3 Å². The van der Waals surface area contributed by atoms with Gasteiger partial charge in [-0.2, -0.15) is 0 Å². The second-order valence-electron chi connectivity index (χ2n) is 4.42. The Balaban J connectivity index is 1.97. The van der Waals surface area contributed by atoms with E-state index in [1.807, 2.05) is 36.1 Å². The fraction of sp³-hybridized carbons (Fsp3) is 0.400. The van der Waals surface area contributed by atoms with Gasteiger partial charge in [0.2, 0.25) is 5.91 Å². The second-order valence-corrected chi connectivity index (χ2v) is 4.42. The molecule has 1 aromatic rings. The van der Waals surface area contributed by atoms with Crippen LogP contribution < -0.4 is 4.74 Å². The van der Waals surface area contributed by atoms with Crippen LogP contribution in [0.2, 0.25) is 0 Å². The Bertz CT molecular complexity index is 458. The van der Waals surface area contributed by atoms with Crippen LogP contribution in [0.25, 0.3) is 0 Å². The zero-order valence-electron chi connectivity index (χ0n) is 10.6.